The lowest BCUT2D eigenvalue weighted by molar-refractivity contribution is -0.274. The van der Waals surface area contributed by atoms with Crippen LogP contribution in [0, 0.1) is 0 Å². The van der Waals surface area contributed by atoms with E-state index in [1.165, 1.54) is 31.2 Å². The van der Waals surface area contributed by atoms with Gasteiger partial charge >= 0.3 is 6.36 Å². The Morgan fingerprint density at radius 3 is 2.35 bits per heavy atom. The van der Waals surface area contributed by atoms with Gasteiger partial charge in [-0.15, -0.1) is 13.2 Å². The van der Waals surface area contributed by atoms with Crippen molar-refractivity contribution in [1.29, 1.82) is 0 Å². The first-order valence-electron chi connectivity index (χ1n) is 10.4. The largest absolute Gasteiger partial charge is 0.573 e. The summed E-state index contributed by atoms with van der Waals surface area (Å²) in [4.78, 5) is 21.5. The maximum absolute atomic E-state index is 13.0. The highest BCUT2D eigenvalue weighted by molar-refractivity contribution is 5.94. The van der Waals surface area contributed by atoms with Gasteiger partial charge in [0, 0.05) is 31.4 Å². The Hall–Kier alpha value is -2.81. The zero-order chi connectivity index (χ0) is 21.8. The number of ether oxygens (including phenoxy) is 2. The van der Waals surface area contributed by atoms with Crippen molar-refractivity contribution in [2.75, 3.05) is 26.2 Å². The third kappa shape index (κ3) is 5.66. The summed E-state index contributed by atoms with van der Waals surface area (Å²) < 4.78 is 46.1. The average Bonchev–Trinajstić information content (AvgIpc) is 3.41. The number of aromatic nitrogens is 1. The Labute approximate surface area is 178 Å². The Morgan fingerprint density at radius 2 is 1.71 bits per heavy atom. The van der Waals surface area contributed by atoms with E-state index in [4.69, 9.17) is 4.74 Å². The van der Waals surface area contributed by atoms with Crippen molar-refractivity contribution in [1.82, 2.24) is 14.8 Å². The van der Waals surface area contributed by atoms with E-state index in [0.29, 0.717) is 11.3 Å². The summed E-state index contributed by atoms with van der Waals surface area (Å²) >= 11 is 0. The molecule has 4 rings (SSSR count). The zero-order valence-electron chi connectivity index (χ0n) is 17.0. The van der Waals surface area contributed by atoms with Crippen molar-refractivity contribution in [3.8, 4) is 17.4 Å². The predicted octanol–water partition coefficient (Wildman–Crippen LogP) is 4.47. The summed E-state index contributed by atoms with van der Waals surface area (Å²) in [5.41, 5.74) is 0.495. The molecule has 2 aliphatic rings. The molecule has 31 heavy (non-hydrogen) atoms. The molecule has 6 nitrogen and oxygen atoms in total. The van der Waals surface area contributed by atoms with Crippen LogP contribution in [0.4, 0.5) is 13.2 Å². The number of carbonyl (C=O) groups is 1. The van der Waals surface area contributed by atoms with Crippen LogP contribution in [0.25, 0.3) is 0 Å². The number of pyridine rings is 1. The summed E-state index contributed by atoms with van der Waals surface area (Å²) in [6.07, 6.45) is 1.21. The summed E-state index contributed by atoms with van der Waals surface area (Å²) in [5, 5.41) is 0. The molecule has 0 bridgehead atoms. The number of hydrogen-bond donors (Lipinski definition) is 0. The molecule has 166 valence electrons. The van der Waals surface area contributed by atoms with Gasteiger partial charge in [0.15, 0.2) is 0 Å². The summed E-state index contributed by atoms with van der Waals surface area (Å²) in [6.45, 7) is 3.89. The molecule has 9 heteroatoms. The minimum atomic E-state index is -4.74. The van der Waals surface area contributed by atoms with E-state index in [2.05, 4.69) is 14.6 Å². The normalized spacial score (nSPS) is 19.6. The molecule has 0 radical (unpaired) electrons. The first kappa shape index (κ1) is 21.4. The first-order valence-corrected chi connectivity index (χ1v) is 10.4. The van der Waals surface area contributed by atoms with Crippen LogP contribution in [0.5, 0.6) is 17.4 Å². The SMILES string of the molecule is O=C(c1ccc(Oc2ccc(OC(F)(F)F)cc2)nc1)N1CCC[C@H]1CN1CCCC1. The smallest absolute Gasteiger partial charge is 0.439 e. The third-order valence-corrected chi connectivity index (χ3v) is 5.57. The Bertz CT molecular complexity index is 882. The van der Waals surface area contributed by atoms with Gasteiger partial charge in [0.25, 0.3) is 5.91 Å². The van der Waals surface area contributed by atoms with E-state index in [-0.39, 0.29) is 23.6 Å². The van der Waals surface area contributed by atoms with Crippen molar-refractivity contribution in [3.63, 3.8) is 0 Å². The van der Waals surface area contributed by atoms with Gasteiger partial charge < -0.3 is 19.3 Å². The van der Waals surface area contributed by atoms with Crippen molar-refractivity contribution in [2.45, 2.75) is 38.1 Å². The lowest BCUT2D eigenvalue weighted by atomic mass is 10.2. The quantitative estimate of drug-likeness (QED) is 0.670. The molecule has 0 saturated carbocycles. The van der Waals surface area contributed by atoms with Crippen molar-refractivity contribution in [3.05, 3.63) is 48.2 Å². The second-order valence-corrected chi connectivity index (χ2v) is 7.81. The number of hydrogen-bond acceptors (Lipinski definition) is 5. The maximum Gasteiger partial charge on any atom is 0.573 e. The van der Waals surface area contributed by atoms with Gasteiger partial charge in [-0.05, 0) is 69.1 Å². The highest BCUT2D eigenvalue weighted by Gasteiger charge is 2.32. The molecule has 0 unspecified atom stereocenters. The topological polar surface area (TPSA) is 54.9 Å². The Kier molecular flexibility index (Phi) is 6.31. The van der Waals surface area contributed by atoms with Crippen LogP contribution < -0.4 is 9.47 Å². The molecule has 2 saturated heterocycles. The number of alkyl halides is 3. The van der Waals surface area contributed by atoms with Gasteiger partial charge in [-0.25, -0.2) is 4.98 Å². The molecule has 1 aromatic heterocycles. The second kappa shape index (κ2) is 9.13. The lowest BCUT2D eigenvalue weighted by Gasteiger charge is -2.28. The predicted molar refractivity (Wildman–Crippen MR) is 107 cm³/mol. The minimum Gasteiger partial charge on any atom is -0.439 e. The fourth-order valence-corrected chi connectivity index (χ4v) is 4.12. The van der Waals surface area contributed by atoms with Crippen LogP contribution >= 0.6 is 0 Å². The molecule has 1 aromatic carbocycles. The summed E-state index contributed by atoms with van der Waals surface area (Å²) in [5.74, 6) is 0.194. The van der Waals surface area contributed by atoms with Gasteiger partial charge in [-0.3, -0.25) is 4.79 Å². The van der Waals surface area contributed by atoms with Gasteiger partial charge in [0.2, 0.25) is 5.88 Å². The van der Waals surface area contributed by atoms with Gasteiger partial charge in [0.05, 0.1) is 5.56 Å². The Morgan fingerprint density at radius 1 is 1.00 bits per heavy atom. The van der Waals surface area contributed by atoms with Gasteiger partial charge in [-0.1, -0.05) is 0 Å². The molecule has 2 aliphatic heterocycles. The van der Waals surface area contributed by atoms with Crippen LogP contribution in [0.2, 0.25) is 0 Å². The number of carbonyl (C=O) groups excluding carboxylic acids is 1. The summed E-state index contributed by atoms with van der Waals surface area (Å²) in [6, 6.07) is 8.52. The van der Waals surface area contributed by atoms with E-state index in [1.807, 2.05) is 4.90 Å². The van der Waals surface area contributed by atoms with Gasteiger partial charge in [-0.2, -0.15) is 0 Å². The van der Waals surface area contributed by atoms with Crippen LogP contribution in [0.15, 0.2) is 42.6 Å². The highest BCUT2D eigenvalue weighted by Crippen LogP contribution is 2.27. The van der Waals surface area contributed by atoms with E-state index in [0.717, 1.165) is 51.2 Å². The van der Waals surface area contributed by atoms with Crippen LogP contribution in [0.1, 0.15) is 36.0 Å². The number of halogens is 3. The fraction of sp³-hybridized carbons (Fsp3) is 0.455. The van der Waals surface area contributed by atoms with Crippen molar-refractivity contribution in [2.24, 2.45) is 0 Å². The molecular formula is C22H24F3N3O3. The molecule has 0 N–H and O–H groups in total. The number of benzene rings is 1. The monoisotopic (exact) mass is 435 g/mol. The van der Waals surface area contributed by atoms with Crippen LogP contribution in [0.3, 0.4) is 0 Å². The summed E-state index contributed by atoms with van der Waals surface area (Å²) in [7, 11) is 0. The van der Waals surface area contributed by atoms with E-state index in [9.17, 15) is 18.0 Å². The maximum atomic E-state index is 13.0. The van der Waals surface area contributed by atoms with Crippen LogP contribution in [-0.4, -0.2) is 59.3 Å². The third-order valence-electron chi connectivity index (χ3n) is 5.57. The second-order valence-electron chi connectivity index (χ2n) is 7.81. The fourth-order valence-electron chi connectivity index (χ4n) is 4.12. The van der Waals surface area contributed by atoms with Crippen molar-refractivity contribution < 1.29 is 27.4 Å². The van der Waals surface area contributed by atoms with E-state index >= 15 is 0 Å². The Balaban J connectivity index is 1.35. The zero-order valence-corrected chi connectivity index (χ0v) is 17.0. The molecule has 1 amide bonds. The molecule has 0 spiro atoms. The standard InChI is InChI=1S/C22H24F3N3O3/c23-22(24,25)31-19-8-6-18(7-9-19)30-20-10-5-16(14-26-20)21(29)28-13-3-4-17(28)15-27-11-1-2-12-27/h5-10,14,17H,1-4,11-13,15H2/t17-/m0/s1. The first-order chi connectivity index (χ1) is 14.9. The van der Waals surface area contributed by atoms with E-state index in [1.54, 1.807) is 12.1 Å². The highest BCUT2D eigenvalue weighted by atomic mass is 19.4. The minimum absolute atomic E-state index is 0.0330. The van der Waals surface area contributed by atoms with Crippen molar-refractivity contribution >= 4 is 5.91 Å². The number of nitrogens with zero attached hydrogens (tertiary/aromatic N) is 3. The molecular weight excluding hydrogens is 411 g/mol. The van der Waals surface area contributed by atoms with Crippen LogP contribution in [-0.2, 0) is 0 Å². The average molecular weight is 435 g/mol. The molecule has 0 aliphatic carbocycles. The van der Waals surface area contributed by atoms with Gasteiger partial charge in [0.1, 0.15) is 11.5 Å². The number of rotatable bonds is 6. The van der Waals surface area contributed by atoms with E-state index < -0.39 is 6.36 Å². The number of likely N-dealkylation sites (tertiary alicyclic amines) is 2. The molecule has 1 atom stereocenters. The molecule has 2 fully saturated rings. The molecule has 2 aromatic rings. The lowest BCUT2D eigenvalue weighted by Crippen LogP contribution is -2.42. The number of amides is 1. The molecule has 3 heterocycles.